The lowest BCUT2D eigenvalue weighted by Crippen LogP contribution is -2.22. The summed E-state index contributed by atoms with van der Waals surface area (Å²) in [5.74, 6) is 1.06. The number of rotatable bonds is 8. The van der Waals surface area contributed by atoms with E-state index in [1.807, 2.05) is 49.4 Å². The van der Waals surface area contributed by atoms with Crippen molar-refractivity contribution in [3.8, 4) is 11.5 Å². The number of para-hydroxylation sites is 1. The summed E-state index contributed by atoms with van der Waals surface area (Å²) in [6.45, 7) is 2.65. The van der Waals surface area contributed by atoms with E-state index >= 15 is 0 Å². The highest BCUT2D eigenvalue weighted by Crippen LogP contribution is 2.32. The lowest BCUT2D eigenvalue weighted by molar-refractivity contribution is -0.118. The van der Waals surface area contributed by atoms with E-state index in [0.717, 1.165) is 16.8 Å². The number of benzene rings is 2. The maximum absolute atomic E-state index is 12.2. The molecule has 0 aromatic heterocycles. The average molecular weight is 340 g/mol. The first-order chi connectivity index (χ1) is 12.2. The van der Waals surface area contributed by atoms with Crippen LogP contribution in [0.15, 0.2) is 42.5 Å². The lowest BCUT2D eigenvalue weighted by atomic mass is 10.2. The molecule has 1 fully saturated rings. The van der Waals surface area contributed by atoms with Crippen molar-refractivity contribution in [3.05, 3.63) is 53.6 Å². The second-order valence-corrected chi connectivity index (χ2v) is 6.31. The number of carbonyl (C=O) groups excluding carboxylic acids is 1. The maximum Gasteiger partial charge on any atom is 0.262 e. The van der Waals surface area contributed by atoms with E-state index in [-0.39, 0.29) is 12.5 Å². The second kappa shape index (κ2) is 8.03. The minimum absolute atomic E-state index is 0.0648. The van der Waals surface area contributed by atoms with Gasteiger partial charge in [0.15, 0.2) is 18.1 Å². The Kier molecular flexibility index (Phi) is 5.56. The molecule has 1 amide bonds. The smallest absolute Gasteiger partial charge is 0.262 e. The number of aryl methyl sites for hydroxylation is 1. The van der Waals surface area contributed by atoms with Gasteiger partial charge in [0.25, 0.3) is 5.91 Å². The lowest BCUT2D eigenvalue weighted by Gasteiger charge is -2.15. The fourth-order valence-electron chi connectivity index (χ4n) is 2.54. The molecule has 2 aromatic carbocycles. The molecule has 132 valence electrons. The Morgan fingerprint density at radius 3 is 2.60 bits per heavy atom. The summed E-state index contributed by atoms with van der Waals surface area (Å²) in [6, 6.07) is 14.0. The van der Waals surface area contributed by atoms with Gasteiger partial charge in [0.1, 0.15) is 0 Å². The van der Waals surface area contributed by atoms with E-state index in [1.54, 1.807) is 7.11 Å². The maximum atomic E-state index is 12.2. The van der Waals surface area contributed by atoms with E-state index in [9.17, 15) is 4.79 Å². The molecule has 0 bridgehead atoms. The van der Waals surface area contributed by atoms with Crippen LogP contribution in [0, 0.1) is 6.92 Å². The molecule has 0 radical (unpaired) electrons. The highest BCUT2D eigenvalue weighted by atomic mass is 16.5. The summed E-state index contributed by atoms with van der Waals surface area (Å²) in [4.78, 5) is 12.2. The van der Waals surface area contributed by atoms with Crippen molar-refractivity contribution in [1.82, 2.24) is 5.32 Å². The van der Waals surface area contributed by atoms with Crippen LogP contribution < -0.4 is 20.1 Å². The van der Waals surface area contributed by atoms with Crippen LogP contribution in [-0.2, 0) is 11.3 Å². The zero-order valence-corrected chi connectivity index (χ0v) is 14.7. The molecule has 1 saturated carbocycles. The van der Waals surface area contributed by atoms with Gasteiger partial charge in [-0.15, -0.1) is 0 Å². The molecule has 25 heavy (non-hydrogen) atoms. The molecular weight excluding hydrogens is 316 g/mol. The largest absolute Gasteiger partial charge is 0.493 e. The van der Waals surface area contributed by atoms with Crippen LogP contribution in [0.3, 0.4) is 0 Å². The minimum Gasteiger partial charge on any atom is -0.493 e. The summed E-state index contributed by atoms with van der Waals surface area (Å²) in [6.07, 6.45) is 2.44. The predicted octanol–water partition coefficient (Wildman–Crippen LogP) is 3.27. The number of methoxy groups -OCH3 is 1. The number of amides is 1. The van der Waals surface area contributed by atoms with Gasteiger partial charge in [-0.3, -0.25) is 4.79 Å². The number of hydrogen-bond donors (Lipinski definition) is 2. The Balaban J connectivity index is 1.62. The first kappa shape index (κ1) is 17.3. The summed E-state index contributed by atoms with van der Waals surface area (Å²) in [5, 5.41) is 6.30. The van der Waals surface area contributed by atoms with Crippen LogP contribution in [0.5, 0.6) is 11.5 Å². The molecule has 0 aliphatic heterocycles. The van der Waals surface area contributed by atoms with Gasteiger partial charge in [0, 0.05) is 23.8 Å². The molecule has 0 spiro atoms. The number of hydrogen-bond acceptors (Lipinski definition) is 4. The Bertz CT molecular complexity index is 724. The molecular formula is C20H24N2O3. The van der Waals surface area contributed by atoms with Crippen LogP contribution in [0.4, 0.5) is 5.69 Å². The highest BCUT2D eigenvalue weighted by Gasteiger charge is 2.21. The molecule has 0 unspecified atom stereocenters. The van der Waals surface area contributed by atoms with Crippen molar-refractivity contribution >= 4 is 11.6 Å². The van der Waals surface area contributed by atoms with Crippen molar-refractivity contribution in [3.63, 3.8) is 0 Å². The van der Waals surface area contributed by atoms with E-state index < -0.39 is 0 Å². The van der Waals surface area contributed by atoms with Crippen LogP contribution in [0.2, 0.25) is 0 Å². The Morgan fingerprint density at radius 1 is 1.16 bits per heavy atom. The first-order valence-electron chi connectivity index (χ1n) is 8.54. The van der Waals surface area contributed by atoms with Crippen LogP contribution in [-0.4, -0.2) is 25.7 Å². The average Bonchev–Trinajstić information content (AvgIpc) is 3.44. The summed E-state index contributed by atoms with van der Waals surface area (Å²) >= 11 is 0. The minimum atomic E-state index is -0.198. The molecule has 5 heteroatoms. The fraction of sp³-hybridized carbons (Fsp3) is 0.350. The van der Waals surface area contributed by atoms with Crippen molar-refractivity contribution < 1.29 is 14.3 Å². The van der Waals surface area contributed by atoms with Crippen LogP contribution >= 0.6 is 0 Å². The number of carbonyl (C=O) groups is 1. The van der Waals surface area contributed by atoms with Crippen molar-refractivity contribution in [2.75, 3.05) is 19.0 Å². The third kappa shape index (κ3) is 4.97. The third-order valence-corrected chi connectivity index (χ3v) is 4.12. The Hall–Kier alpha value is -2.53. The first-order valence-corrected chi connectivity index (χ1v) is 8.54. The van der Waals surface area contributed by atoms with E-state index in [0.29, 0.717) is 24.1 Å². The van der Waals surface area contributed by atoms with Crippen molar-refractivity contribution in [1.29, 1.82) is 0 Å². The summed E-state index contributed by atoms with van der Waals surface area (Å²) in [5.41, 5.74) is 2.90. The van der Waals surface area contributed by atoms with Gasteiger partial charge in [0.05, 0.1) is 7.11 Å². The van der Waals surface area contributed by atoms with Crippen molar-refractivity contribution in [2.24, 2.45) is 0 Å². The topological polar surface area (TPSA) is 59.6 Å². The fourth-order valence-corrected chi connectivity index (χ4v) is 2.54. The van der Waals surface area contributed by atoms with Gasteiger partial charge in [-0.05, 0) is 38.0 Å². The molecule has 0 atom stereocenters. The number of ether oxygens (including phenoxy) is 2. The quantitative estimate of drug-likeness (QED) is 0.774. The zero-order valence-electron chi connectivity index (χ0n) is 14.7. The monoisotopic (exact) mass is 340 g/mol. The Labute approximate surface area is 148 Å². The molecule has 5 nitrogen and oxygen atoms in total. The van der Waals surface area contributed by atoms with E-state index in [1.165, 1.54) is 12.8 Å². The summed E-state index contributed by atoms with van der Waals surface area (Å²) in [7, 11) is 1.60. The standard InChI is InChI=1S/C20H24N2O3/c1-14-6-8-17(9-7-14)22-19(23)13-25-20-15(12-21-16-10-11-16)4-3-5-18(20)24-2/h3-9,16,21H,10-13H2,1-2H3,(H,22,23). The van der Waals surface area contributed by atoms with Gasteiger partial charge in [-0.1, -0.05) is 29.8 Å². The zero-order chi connectivity index (χ0) is 17.6. The molecule has 2 N–H and O–H groups in total. The molecule has 0 heterocycles. The third-order valence-electron chi connectivity index (χ3n) is 4.12. The SMILES string of the molecule is COc1cccc(CNC2CC2)c1OCC(=O)Nc1ccc(C)cc1. The van der Waals surface area contributed by atoms with Crippen molar-refractivity contribution in [2.45, 2.75) is 32.4 Å². The molecule has 2 aromatic rings. The second-order valence-electron chi connectivity index (χ2n) is 6.31. The van der Waals surface area contributed by atoms with Gasteiger partial charge in [-0.2, -0.15) is 0 Å². The van der Waals surface area contributed by atoms with Crippen LogP contribution in [0.25, 0.3) is 0 Å². The highest BCUT2D eigenvalue weighted by molar-refractivity contribution is 5.91. The van der Waals surface area contributed by atoms with Gasteiger partial charge in [0.2, 0.25) is 0 Å². The van der Waals surface area contributed by atoms with Crippen LogP contribution in [0.1, 0.15) is 24.0 Å². The van der Waals surface area contributed by atoms with E-state index in [2.05, 4.69) is 10.6 Å². The van der Waals surface area contributed by atoms with E-state index in [4.69, 9.17) is 9.47 Å². The van der Waals surface area contributed by atoms with Gasteiger partial charge in [-0.25, -0.2) is 0 Å². The number of anilines is 1. The number of nitrogens with one attached hydrogen (secondary N) is 2. The molecule has 1 aliphatic carbocycles. The molecule has 0 saturated heterocycles. The Morgan fingerprint density at radius 2 is 1.92 bits per heavy atom. The van der Waals surface area contributed by atoms with Gasteiger partial charge < -0.3 is 20.1 Å². The summed E-state index contributed by atoms with van der Waals surface area (Å²) < 4.78 is 11.2. The van der Waals surface area contributed by atoms with Gasteiger partial charge >= 0.3 is 0 Å². The molecule has 3 rings (SSSR count). The predicted molar refractivity (Wildman–Crippen MR) is 98.2 cm³/mol. The normalized spacial score (nSPS) is 13.4. The molecule has 1 aliphatic rings.